The van der Waals surface area contributed by atoms with E-state index in [-0.39, 0.29) is 29.5 Å². The lowest BCUT2D eigenvalue weighted by Gasteiger charge is -2.35. The highest BCUT2D eigenvalue weighted by atomic mass is 35.5. The van der Waals surface area contributed by atoms with E-state index in [9.17, 15) is 18.0 Å². The van der Waals surface area contributed by atoms with Gasteiger partial charge in [0, 0.05) is 23.5 Å². The molecule has 4 rings (SSSR count). The first kappa shape index (κ1) is 33.6. The molecule has 0 spiro atoms. The number of carbonyl (C=O) groups excluding carboxylic acids is 2. The fourth-order valence-corrected chi connectivity index (χ4v) is 6.44. The second-order valence-corrected chi connectivity index (χ2v) is 13.9. The van der Waals surface area contributed by atoms with Crippen LogP contribution in [0.4, 0.5) is 5.69 Å². The van der Waals surface area contributed by atoms with Gasteiger partial charge < -0.3 is 15.0 Å². The number of rotatable bonds is 12. The number of hydrogen-bond acceptors (Lipinski definition) is 5. The monoisotopic (exact) mass is 647 g/mol. The van der Waals surface area contributed by atoms with E-state index >= 15 is 0 Å². The smallest absolute Gasteiger partial charge is 0.264 e. The molecule has 0 aliphatic rings. The van der Waals surface area contributed by atoms with Gasteiger partial charge in [-0.05, 0) is 74.4 Å². The molecule has 2 amide bonds. The quantitative estimate of drug-likeness (QED) is 0.201. The number of methoxy groups -OCH3 is 1. The van der Waals surface area contributed by atoms with Crippen molar-refractivity contribution < 1.29 is 22.7 Å². The summed E-state index contributed by atoms with van der Waals surface area (Å²) in [5.41, 5.74) is 1.14. The minimum Gasteiger partial charge on any atom is -0.497 e. The molecule has 8 nitrogen and oxygen atoms in total. The molecule has 236 valence electrons. The molecular formula is C35H38ClN3O5S. The van der Waals surface area contributed by atoms with Crippen LogP contribution in [0.2, 0.25) is 5.02 Å². The third-order valence-corrected chi connectivity index (χ3v) is 9.20. The van der Waals surface area contributed by atoms with Crippen LogP contribution in [0.25, 0.3) is 0 Å². The summed E-state index contributed by atoms with van der Waals surface area (Å²) in [6.07, 6.45) is 0.201. The van der Waals surface area contributed by atoms with E-state index in [0.717, 1.165) is 9.87 Å². The Morgan fingerprint density at radius 2 is 1.42 bits per heavy atom. The Bertz CT molecular complexity index is 1690. The van der Waals surface area contributed by atoms with Crippen LogP contribution in [-0.4, -0.2) is 50.4 Å². The molecule has 0 aliphatic carbocycles. The van der Waals surface area contributed by atoms with Gasteiger partial charge in [0.05, 0.1) is 17.7 Å². The lowest BCUT2D eigenvalue weighted by atomic mass is 10.0. The Hall–Kier alpha value is -4.34. The van der Waals surface area contributed by atoms with E-state index in [4.69, 9.17) is 16.3 Å². The number of ether oxygens (including phenoxy) is 1. The normalized spacial score (nSPS) is 12.2. The van der Waals surface area contributed by atoms with E-state index in [0.29, 0.717) is 16.3 Å². The first-order chi connectivity index (χ1) is 21.4. The van der Waals surface area contributed by atoms with Crippen molar-refractivity contribution in [3.63, 3.8) is 0 Å². The van der Waals surface area contributed by atoms with E-state index < -0.39 is 34.1 Å². The number of anilines is 1. The van der Waals surface area contributed by atoms with Crippen LogP contribution in [0.5, 0.6) is 5.75 Å². The zero-order chi connectivity index (χ0) is 32.6. The largest absolute Gasteiger partial charge is 0.497 e. The summed E-state index contributed by atoms with van der Waals surface area (Å²) < 4.78 is 34.5. The molecule has 0 saturated carbocycles. The van der Waals surface area contributed by atoms with Gasteiger partial charge in [0.25, 0.3) is 10.0 Å². The fraction of sp³-hybridized carbons (Fsp3) is 0.257. The highest BCUT2D eigenvalue weighted by Gasteiger charge is 2.35. The van der Waals surface area contributed by atoms with Crippen molar-refractivity contribution in [1.82, 2.24) is 10.2 Å². The fourth-order valence-electron chi connectivity index (χ4n) is 4.81. The molecule has 0 heterocycles. The average Bonchev–Trinajstić information content (AvgIpc) is 3.02. The number of nitrogens with one attached hydrogen (secondary N) is 1. The first-order valence-corrected chi connectivity index (χ1v) is 16.3. The second kappa shape index (κ2) is 14.6. The molecule has 1 atom stereocenters. The molecular weight excluding hydrogens is 610 g/mol. The summed E-state index contributed by atoms with van der Waals surface area (Å²) in [7, 11) is -2.69. The van der Waals surface area contributed by atoms with Crippen LogP contribution in [0, 0.1) is 0 Å². The Labute approximate surface area is 270 Å². The van der Waals surface area contributed by atoms with Crippen molar-refractivity contribution in [3.8, 4) is 5.75 Å². The van der Waals surface area contributed by atoms with Crippen LogP contribution in [0.1, 0.15) is 31.9 Å². The highest BCUT2D eigenvalue weighted by Crippen LogP contribution is 2.27. The Morgan fingerprint density at radius 1 is 0.844 bits per heavy atom. The topological polar surface area (TPSA) is 96.0 Å². The van der Waals surface area contributed by atoms with E-state index in [1.54, 1.807) is 66.7 Å². The summed E-state index contributed by atoms with van der Waals surface area (Å²) in [6, 6.07) is 29.8. The van der Waals surface area contributed by atoms with Crippen molar-refractivity contribution in [2.24, 2.45) is 0 Å². The number of amides is 2. The summed E-state index contributed by atoms with van der Waals surface area (Å²) in [5.74, 6) is -0.409. The molecule has 1 N–H and O–H groups in total. The Balaban J connectivity index is 1.82. The summed E-state index contributed by atoms with van der Waals surface area (Å²) in [5, 5.41) is 3.44. The third kappa shape index (κ3) is 8.86. The number of sulfonamides is 1. The standard InChI is InChI=1S/C35H38ClN3O5S/c1-35(2,3)37-34(41)32(23-26-13-7-5-8-14-26)38(24-27-15-11-12-18-31(27)36)33(40)25-39(28-19-21-29(44-4)22-20-28)45(42,43)30-16-9-6-10-17-30/h5-22,32H,23-25H2,1-4H3,(H,37,41)/t32-/m1/s1. The Kier molecular flexibility index (Phi) is 10.9. The van der Waals surface area contributed by atoms with E-state index in [2.05, 4.69) is 5.32 Å². The Morgan fingerprint density at radius 3 is 2.00 bits per heavy atom. The number of carbonyl (C=O) groups is 2. The summed E-state index contributed by atoms with van der Waals surface area (Å²) in [4.78, 5) is 29.9. The van der Waals surface area contributed by atoms with Crippen LogP contribution < -0.4 is 14.4 Å². The van der Waals surface area contributed by atoms with Gasteiger partial charge >= 0.3 is 0 Å². The van der Waals surface area contributed by atoms with Gasteiger partial charge in [0.15, 0.2) is 0 Å². The molecule has 0 saturated heterocycles. The lowest BCUT2D eigenvalue weighted by molar-refractivity contribution is -0.140. The second-order valence-electron chi connectivity index (χ2n) is 11.6. The number of hydrogen-bond donors (Lipinski definition) is 1. The first-order valence-electron chi connectivity index (χ1n) is 14.5. The van der Waals surface area contributed by atoms with Crippen LogP contribution >= 0.6 is 11.6 Å². The predicted molar refractivity (Wildman–Crippen MR) is 178 cm³/mol. The van der Waals surface area contributed by atoms with Crippen molar-refractivity contribution in [2.45, 2.75) is 50.2 Å². The lowest BCUT2D eigenvalue weighted by Crippen LogP contribution is -2.56. The number of nitrogens with zero attached hydrogens (tertiary/aromatic N) is 2. The summed E-state index contributed by atoms with van der Waals surface area (Å²) >= 11 is 6.55. The van der Waals surface area contributed by atoms with Gasteiger partial charge in [-0.2, -0.15) is 0 Å². The van der Waals surface area contributed by atoms with Gasteiger partial charge in [0.2, 0.25) is 11.8 Å². The molecule has 10 heteroatoms. The maximum Gasteiger partial charge on any atom is 0.264 e. The maximum atomic E-state index is 14.5. The molecule has 0 aliphatic heterocycles. The van der Waals surface area contributed by atoms with Gasteiger partial charge in [-0.25, -0.2) is 8.42 Å². The minimum atomic E-state index is -4.20. The van der Waals surface area contributed by atoms with E-state index in [1.807, 2.05) is 51.1 Å². The van der Waals surface area contributed by atoms with Crippen molar-refractivity contribution in [3.05, 3.63) is 125 Å². The highest BCUT2D eigenvalue weighted by molar-refractivity contribution is 7.92. The maximum absolute atomic E-state index is 14.5. The molecule has 0 bridgehead atoms. The summed E-state index contributed by atoms with van der Waals surface area (Å²) in [6.45, 7) is 5.01. The van der Waals surface area contributed by atoms with Crippen molar-refractivity contribution in [2.75, 3.05) is 18.0 Å². The average molecular weight is 648 g/mol. The van der Waals surface area contributed by atoms with Gasteiger partial charge in [-0.3, -0.25) is 13.9 Å². The van der Waals surface area contributed by atoms with Crippen molar-refractivity contribution >= 4 is 39.1 Å². The zero-order valence-electron chi connectivity index (χ0n) is 25.8. The molecule has 0 aromatic heterocycles. The molecule has 4 aromatic carbocycles. The SMILES string of the molecule is COc1ccc(N(CC(=O)N(Cc2ccccc2Cl)[C@H](Cc2ccccc2)C(=O)NC(C)(C)C)S(=O)(=O)c2ccccc2)cc1. The molecule has 4 aromatic rings. The third-order valence-electron chi connectivity index (χ3n) is 7.04. The molecule has 0 radical (unpaired) electrons. The van der Waals surface area contributed by atoms with Gasteiger partial charge in [-0.1, -0.05) is 78.3 Å². The number of benzene rings is 4. The predicted octanol–water partition coefficient (Wildman–Crippen LogP) is 6.10. The van der Waals surface area contributed by atoms with Crippen LogP contribution in [0.15, 0.2) is 114 Å². The molecule has 0 unspecified atom stereocenters. The molecule has 0 fully saturated rings. The minimum absolute atomic E-state index is 0.0184. The van der Waals surface area contributed by atoms with E-state index in [1.165, 1.54) is 24.1 Å². The number of halogens is 1. The van der Waals surface area contributed by atoms with Crippen LogP contribution in [-0.2, 0) is 32.6 Å². The van der Waals surface area contributed by atoms with Crippen LogP contribution in [0.3, 0.4) is 0 Å². The van der Waals surface area contributed by atoms with Crippen molar-refractivity contribution in [1.29, 1.82) is 0 Å². The van der Waals surface area contributed by atoms with Gasteiger partial charge in [-0.15, -0.1) is 0 Å². The molecule has 45 heavy (non-hydrogen) atoms. The van der Waals surface area contributed by atoms with Gasteiger partial charge in [0.1, 0.15) is 18.3 Å². The zero-order valence-corrected chi connectivity index (χ0v) is 27.4.